The van der Waals surface area contributed by atoms with Gasteiger partial charge in [0.05, 0.1) is 20.5 Å². The first kappa shape index (κ1) is 16.6. The van der Waals surface area contributed by atoms with Gasteiger partial charge in [-0.2, -0.15) is 0 Å². The zero-order chi connectivity index (χ0) is 17.6. The second-order valence-electron chi connectivity index (χ2n) is 5.42. The summed E-state index contributed by atoms with van der Waals surface area (Å²) in [5.74, 6) is 0.972. The Bertz CT molecular complexity index is 821. The van der Waals surface area contributed by atoms with Gasteiger partial charge in [0.1, 0.15) is 11.5 Å². The lowest BCUT2D eigenvalue weighted by atomic mass is 10.1. The monoisotopic (exact) mass is 337 g/mol. The lowest BCUT2D eigenvalue weighted by Gasteiger charge is -2.10. The first-order valence-corrected chi connectivity index (χ1v) is 7.78. The van der Waals surface area contributed by atoms with E-state index in [1.54, 1.807) is 44.9 Å². The molecule has 0 saturated carbocycles. The molecule has 0 saturated heterocycles. The topological polar surface area (TPSA) is 65.4 Å². The van der Waals surface area contributed by atoms with Gasteiger partial charge in [0.25, 0.3) is 5.91 Å². The predicted molar refractivity (Wildman–Crippen MR) is 94.3 cm³/mol. The zero-order valence-corrected chi connectivity index (χ0v) is 14.1. The lowest BCUT2D eigenvalue weighted by molar-refractivity contribution is 0.0950. The van der Waals surface area contributed by atoms with Crippen LogP contribution in [0.1, 0.15) is 15.9 Å². The summed E-state index contributed by atoms with van der Waals surface area (Å²) in [4.78, 5) is 16.4. The van der Waals surface area contributed by atoms with Gasteiger partial charge in [-0.3, -0.25) is 4.79 Å². The Balaban J connectivity index is 1.66. The van der Waals surface area contributed by atoms with Crippen molar-refractivity contribution in [1.82, 2.24) is 14.9 Å². The summed E-state index contributed by atoms with van der Waals surface area (Å²) in [5.41, 5.74) is 2.52. The summed E-state index contributed by atoms with van der Waals surface area (Å²) < 4.78 is 12.3. The first-order chi connectivity index (χ1) is 12.2. The molecule has 0 unspecified atom stereocenters. The summed E-state index contributed by atoms with van der Waals surface area (Å²) >= 11 is 0. The molecule has 0 atom stereocenters. The van der Waals surface area contributed by atoms with E-state index in [4.69, 9.17) is 9.47 Å². The Hall–Kier alpha value is -3.28. The fraction of sp³-hybridized carbons (Fsp3) is 0.158. The number of ether oxygens (including phenoxy) is 2. The van der Waals surface area contributed by atoms with E-state index in [9.17, 15) is 4.79 Å². The van der Waals surface area contributed by atoms with Crippen LogP contribution >= 0.6 is 0 Å². The standard InChI is InChI=1S/C19H19N3O3/c1-24-17-9-15(10-18(11-17)25-2)19(23)21-12-14-3-5-16(6-4-14)22-8-7-20-13-22/h3-11,13H,12H2,1-2H3,(H,21,23). The van der Waals surface area contributed by atoms with Crippen LogP contribution in [0.15, 0.2) is 61.2 Å². The molecule has 3 aromatic rings. The van der Waals surface area contributed by atoms with Gasteiger partial charge < -0.3 is 19.4 Å². The Morgan fingerprint density at radius 1 is 1.08 bits per heavy atom. The molecule has 6 heteroatoms. The predicted octanol–water partition coefficient (Wildman–Crippen LogP) is 2.82. The number of amides is 1. The van der Waals surface area contributed by atoms with E-state index in [0.717, 1.165) is 11.3 Å². The second kappa shape index (κ2) is 7.53. The van der Waals surface area contributed by atoms with E-state index in [1.165, 1.54) is 0 Å². The SMILES string of the molecule is COc1cc(OC)cc(C(=O)NCc2ccc(-n3ccnc3)cc2)c1. The minimum atomic E-state index is -0.184. The number of hydrogen-bond donors (Lipinski definition) is 1. The summed E-state index contributed by atoms with van der Waals surface area (Å²) in [6.07, 6.45) is 5.36. The summed E-state index contributed by atoms with van der Waals surface area (Å²) in [5, 5.41) is 2.90. The quantitative estimate of drug-likeness (QED) is 0.751. The van der Waals surface area contributed by atoms with Crippen LogP contribution in [0.2, 0.25) is 0 Å². The van der Waals surface area contributed by atoms with Gasteiger partial charge in [-0.25, -0.2) is 4.98 Å². The average molecular weight is 337 g/mol. The van der Waals surface area contributed by atoms with Crippen molar-refractivity contribution in [2.24, 2.45) is 0 Å². The third-order valence-electron chi connectivity index (χ3n) is 3.81. The minimum absolute atomic E-state index is 0.184. The zero-order valence-electron chi connectivity index (χ0n) is 14.1. The number of carbonyl (C=O) groups excluding carboxylic acids is 1. The highest BCUT2D eigenvalue weighted by molar-refractivity contribution is 5.95. The van der Waals surface area contributed by atoms with E-state index in [2.05, 4.69) is 10.3 Å². The van der Waals surface area contributed by atoms with Crippen LogP contribution in [0.5, 0.6) is 11.5 Å². The normalized spacial score (nSPS) is 10.3. The smallest absolute Gasteiger partial charge is 0.251 e. The molecule has 128 valence electrons. The Labute approximate surface area is 146 Å². The van der Waals surface area contributed by atoms with Crippen LogP contribution in [0.3, 0.4) is 0 Å². The van der Waals surface area contributed by atoms with Gasteiger partial charge in [0.15, 0.2) is 0 Å². The van der Waals surface area contributed by atoms with E-state index < -0.39 is 0 Å². The van der Waals surface area contributed by atoms with E-state index in [1.807, 2.05) is 35.0 Å². The molecule has 0 aliphatic heterocycles. The van der Waals surface area contributed by atoms with E-state index >= 15 is 0 Å². The number of benzene rings is 2. The maximum Gasteiger partial charge on any atom is 0.251 e. The molecule has 2 aromatic carbocycles. The molecule has 0 bridgehead atoms. The van der Waals surface area contributed by atoms with E-state index in [-0.39, 0.29) is 5.91 Å². The van der Waals surface area contributed by atoms with Crippen molar-refractivity contribution >= 4 is 5.91 Å². The van der Waals surface area contributed by atoms with Crippen molar-refractivity contribution in [3.05, 3.63) is 72.3 Å². The number of nitrogens with one attached hydrogen (secondary N) is 1. The number of imidazole rings is 1. The minimum Gasteiger partial charge on any atom is -0.497 e. The Morgan fingerprint density at radius 2 is 1.76 bits per heavy atom. The molecule has 0 spiro atoms. The molecule has 1 heterocycles. The molecular weight excluding hydrogens is 318 g/mol. The molecule has 0 radical (unpaired) electrons. The molecule has 1 amide bonds. The van der Waals surface area contributed by atoms with Gasteiger partial charge in [-0.15, -0.1) is 0 Å². The molecule has 0 aliphatic carbocycles. The summed E-state index contributed by atoms with van der Waals surface area (Å²) in [6.45, 7) is 0.433. The van der Waals surface area contributed by atoms with Crippen LogP contribution in [0.4, 0.5) is 0 Å². The molecular formula is C19H19N3O3. The maximum atomic E-state index is 12.4. The van der Waals surface area contributed by atoms with Crippen LogP contribution in [0, 0.1) is 0 Å². The van der Waals surface area contributed by atoms with Crippen LogP contribution in [-0.4, -0.2) is 29.7 Å². The number of carbonyl (C=O) groups is 1. The summed E-state index contributed by atoms with van der Waals surface area (Å²) in [6, 6.07) is 13.0. The van der Waals surface area contributed by atoms with Gasteiger partial charge in [0, 0.05) is 36.3 Å². The second-order valence-corrected chi connectivity index (χ2v) is 5.42. The largest absolute Gasteiger partial charge is 0.497 e. The van der Waals surface area contributed by atoms with Crippen molar-refractivity contribution in [2.45, 2.75) is 6.54 Å². The summed E-state index contributed by atoms with van der Waals surface area (Å²) in [7, 11) is 3.11. The van der Waals surface area contributed by atoms with Crippen LogP contribution in [-0.2, 0) is 6.54 Å². The number of aromatic nitrogens is 2. The molecule has 25 heavy (non-hydrogen) atoms. The van der Waals surface area contributed by atoms with Gasteiger partial charge >= 0.3 is 0 Å². The van der Waals surface area contributed by atoms with Gasteiger partial charge in [-0.05, 0) is 29.8 Å². The molecule has 0 fully saturated rings. The fourth-order valence-electron chi connectivity index (χ4n) is 2.42. The van der Waals surface area contributed by atoms with Crippen molar-refractivity contribution < 1.29 is 14.3 Å². The van der Waals surface area contributed by atoms with Gasteiger partial charge in [-0.1, -0.05) is 12.1 Å². The van der Waals surface area contributed by atoms with Crippen molar-refractivity contribution in [3.8, 4) is 17.2 Å². The first-order valence-electron chi connectivity index (χ1n) is 7.78. The van der Waals surface area contributed by atoms with Crippen molar-refractivity contribution in [3.63, 3.8) is 0 Å². The number of hydrogen-bond acceptors (Lipinski definition) is 4. The van der Waals surface area contributed by atoms with Crippen LogP contribution < -0.4 is 14.8 Å². The van der Waals surface area contributed by atoms with Crippen molar-refractivity contribution in [1.29, 1.82) is 0 Å². The number of rotatable bonds is 6. The number of methoxy groups -OCH3 is 2. The Kier molecular flexibility index (Phi) is 4.99. The third kappa shape index (κ3) is 3.98. The molecule has 6 nitrogen and oxygen atoms in total. The molecule has 0 aliphatic rings. The molecule has 1 N–H and O–H groups in total. The number of nitrogens with zero attached hydrogens (tertiary/aromatic N) is 2. The van der Waals surface area contributed by atoms with Crippen LogP contribution in [0.25, 0.3) is 5.69 Å². The highest BCUT2D eigenvalue weighted by Crippen LogP contribution is 2.22. The fourth-order valence-corrected chi connectivity index (χ4v) is 2.42. The molecule has 1 aromatic heterocycles. The van der Waals surface area contributed by atoms with Crippen molar-refractivity contribution in [2.75, 3.05) is 14.2 Å². The third-order valence-corrected chi connectivity index (χ3v) is 3.81. The highest BCUT2D eigenvalue weighted by Gasteiger charge is 2.09. The Morgan fingerprint density at radius 3 is 2.32 bits per heavy atom. The lowest BCUT2D eigenvalue weighted by Crippen LogP contribution is -2.22. The maximum absolute atomic E-state index is 12.4. The van der Waals surface area contributed by atoms with Gasteiger partial charge in [0.2, 0.25) is 0 Å². The molecule has 3 rings (SSSR count). The average Bonchev–Trinajstić information content (AvgIpc) is 3.20. The van der Waals surface area contributed by atoms with E-state index in [0.29, 0.717) is 23.6 Å². The highest BCUT2D eigenvalue weighted by atomic mass is 16.5.